The minimum absolute atomic E-state index is 0.0871. The Morgan fingerprint density at radius 2 is 2.16 bits per heavy atom. The van der Waals surface area contributed by atoms with Crippen molar-refractivity contribution in [2.24, 2.45) is 5.92 Å². The summed E-state index contributed by atoms with van der Waals surface area (Å²) in [6.45, 7) is 4.64. The standard InChI is InChI=1S/C14H26N2O3/c1-16(9-12-3-2-8-18-10-12)14(17)11-19-13-4-6-15-7-5-13/h12-13,15H,2-11H2,1H3. The highest BCUT2D eigenvalue weighted by atomic mass is 16.5. The minimum Gasteiger partial charge on any atom is -0.381 e. The fourth-order valence-corrected chi connectivity index (χ4v) is 2.70. The summed E-state index contributed by atoms with van der Waals surface area (Å²) in [4.78, 5) is 13.8. The van der Waals surface area contributed by atoms with Crippen molar-refractivity contribution in [1.82, 2.24) is 10.2 Å². The van der Waals surface area contributed by atoms with Crippen LogP contribution in [0.25, 0.3) is 0 Å². The van der Waals surface area contributed by atoms with Crippen LogP contribution in [-0.4, -0.2) is 63.4 Å². The van der Waals surface area contributed by atoms with Crippen LogP contribution in [0.1, 0.15) is 25.7 Å². The number of hydrogen-bond donors (Lipinski definition) is 1. The molecule has 0 radical (unpaired) electrons. The molecule has 2 fully saturated rings. The van der Waals surface area contributed by atoms with E-state index in [1.165, 1.54) is 0 Å². The third-order valence-corrected chi connectivity index (χ3v) is 3.94. The molecule has 2 aliphatic rings. The Labute approximate surface area is 115 Å². The van der Waals surface area contributed by atoms with E-state index in [1.807, 2.05) is 7.05 Å². The smallest absolute Gasteiger partial charge is 0.248 e. The van der Waals surface area contributed by atoms with E-state index in [4.69, 9.17) is 9.47 Å². The van der Waals surface area contributed by atoms with Gasteiger partial charge in [-0.3, -0.25) is 4.79 Å². The Morgan fingerprint density at radius 1 is 1.37 bits per heavy atom. The summed E-state index contributed by atoms with van der Waals surface area (Å²) in [6, 6.07) is 0. The van der Waals surface area contributed by atoms with Gasteiger partial charge < -0.3 is 19.7 Å². The summed E-state index contributed by atoms with van der Waals surface area (Å²) in [7, 11) is 1.86. The number of ether oxygens (including phenoxy) is 2. The summed E-state index contributed by atoms with van der Waals surface area (Å²) in [5, 5.41) is 3.29. The Kier molecular flexibility index (Phi) is 6.07. The van der Waals surface area contributed by atoms with Crippen LogP contribution < -0.4 is 5.32 Å². The molecule has 0 aromatic rings. The number of carbonyl (C=O) groups is 1. The van der Waals surface area contributed by atoms with Gasteiger partial charge >= 0.3 is 0 Å². The zero-order chi connectivity index (χ0) is 13.5. The SMILES string of the molecule is CN(CC1CCCOC1)C(=O)COC1CCNCC1. The molecule has 0 spiro atoms. The fourth-order valence-electron chi connectivity index (χ4n) is 2.70. The topological polar surface area (TPSA) is 50.8 Å². The monoisotopic (exact) mass is 270 g/mol. The quantitative estimate of drug-likeness (QED) is 0.796. The molecular formula is C14H26N2O3. The van der Waals surface area contributed by atoms with E-state index < -0.39 is 0 Å². The third-order valence-electron chi connectivity index (χ3n) is 3.94. The van der Waals surface area contributed by atoms with Gasteiger partial charge in [-0.1, -0.05) is 0 Å². The second-order valence-corrected chi connectivity index (χ2v) is 5.62. The van der Waals surface area contributed by atoms with Gasteiger partial charge in [0.2, 0.25) is 5.91 Å². The summed E-state index contributed by atoms with van der Waals surface area (Å²) in [6.07, 6.45) is 4.53. The van der Waals surface area contributed by atoms with E-state index in [2.05, 4.69) is 5.32 Å². The van der Waals surface area contributed by atoms with Crippen molar-refractivity contribution in [3.63, 3.8) is 0 Å². The number of hydrogen-bond acceptors (Lipinski definition) is 4. The largest absolute Gasteiger partial charge is 0.381 e. The minimum atomic E-state index is 0.0871. The summed E-state index contributed by atoms with van der Waals surface area (Å²) in [5.74, 6) is 0.575. The van der Waals surface area contributed by atoms with E-state index in [0.29, 0.717) is 5.92 Å². The second-order valence-electron chi connectivity index (χ2n) is 5.62. The maximum absolute atomic E-state index is 12.0. The molecule has 110 valence electrons. The van der Waals surface area contributed by atoms with Crippen molar-refractivity contribution < 1.29 is 14.3 Å². The Bertz CT molecular complexity index is 274. The molecule has 1 unspecified atom stereocenters. The lowest BCUT2D eigenvalue weighted by atomic mass is 10.0. The highest BCUT2D eigenvalue weighted by Gasteiger charge is 2.20. The number of nitrogens with zero attached hydrogens (tertiary/aromatic N) is 1. The summed E-state index contributed by atoms with van der Waals surface area (Å²) < 4.78 is 11.1. The molecule has 5 heteroatoms. The lowest BCUT2D eigenvalue weighted by Gasteiger charge is -2.28. The first-order valence-electron chi connectivity index (χ1n) is 7.39. The first-order chi connectivity index (χ1) is 9.25. The molecule has 0 aromatic carbocycles. The van der Waals surface area contributed by atoms with Crippen LogP contribution in [0, 0.1) is 5.92 Å². The predicted octanol–water partition coefficient (Wildman–Crippen LogP) is 0.640. The van der Waals surface area contributed by atoms with Gasteiger partial charge in [-0.15, -0.1) is 0 Å². The fraction of sp³-hybridized carbons (Fsp3) is 0.929. The maximum atomic E-state index is 12.0. The van der Waals surface area contributed by atoms with Gasteiger partial charge in [-0.25, -0.2) is 0 Å². The molecule has 5 nitrogen and oxygen atoms in total. The van der Waals surface area contributed by atoms with Crippen molar-refractivity contribution in [2.75, 3.05) is 46.5 Å². The zero-order valence-corrected chi connectivity index (χ0v) is 11.9. The summed E-state index contributed by atoms with van der Waals surface area (Å²) in [5.41, 5.74) is 0. The van der Waals surface area contributed by atoms with Crippen LogP contribution >= 0.6 is 0 Å². The van der Waals surface area contributed by atoms with Gasteiger partial charge in [0, 0.05) is 20.2 Å². The molecule has 1 atom stereocenters. The molecule has 2 aliphatic heterocycles. The third kappa shape index (κ3) is 5.09. The number of likely N-dealkylation sites (N-methyl/N-ethyl adjacent to an activating group) is 1. The molecule has 1 amide bonds. The molecule has 0 aromatic heterocycles. The van der Waals surface area contributed by atoms with E-state index in [1.54, 1.807) is 4.90 Å². The molecular weight excluding hydrogens is 244 g/mol. The van der Waals surface area contributed by atoms with E-state index >= 15 is 0 Å². The van der Waals surface area contributed by atoms with Crippen LogP contribution in [0.2, 0.25) is 0 Å². The Morgan fingerprint density at radius 3 is 2.84 bits per heavy atom. The van der Waals surface area contributed by atoms with Crippen molar-refractivity contribution in [3.8, 4) is 0 Å². The highest BCUT2D eigenvalue weighted by Crippen LogP contribution is 2.14. The lowest BCUT2D eigenvalue weighted by Crippen LogP contribution is -2.39. The first kappa shape index (κ1) is 14.8. The number of piperidine rings is 1. The van der Waals surface area contributed by atoms with Crippen molar-refractivity contribution >= 4 is 5.91 Å². The van der Waals surface area contributed by atoms with Crippen LogP contribution in [0.15, 0.2) is 0 Å². The molecule has 2 saturated heterocycles. The van der Waals surface area contributed by atoms with Gasteiger partial charge in [0.15, 0.2) is 0 Å². The first-order valence-corrected chi connectivity index (χ1v) is 7.39. The van der Waals surface area contributed by atoms with Crippen LogP contribution in [0.3, 0.4) is 0 Å². The van der Waals surface area contributed by atoms with E-state index in [-0.39, 0.29) is 18.6 Å². The van der Waals surface area contributed by atoms with Crippen molar-refractivity contribution in [2.45, 2.75) is 31.8 Å². The van der Waals surface area contributed by atoms with Gasteiger partial charge in [0.1, 0.15) is 6.61 Å². The average molecular weight is 270 g/mol. The highest BCUT2D eigenvalue weighted by molar-refractivity contribution is 5.77. The summed E-state index contributed by atoms with van der Waals surface area (Å²) >= 11 is 0. The van der Waals surface area contributed by atoms with Gasteiger partial charge in [0.25, 0.3) is 0 Å². The Balaban J connectivity index is 1.63. The molecule has 2 heterocycles. The van der Waals surface area contributed by atoms with Crippen molar-refractivity contribution in [3.05, 3.63) is 0 Å². The molecule has 0 saturated carbocycles. The van der Waals surface area contributed by atoms with Crippen molar-refractivity contribution in [1.29, 1.82) is 0 Å². The number of amides is 1. The number of carbonyl (C=O) groups excluding carboxylic acids is 1. The zero-order valence-electron chi connectivity index (χ0n) is 11.9. The molecule has 1 N–H and O–H groups in total. The second kappa shape index (κ2) is 7.82. The van der Waals surface area contributed by atoms with Crippen LogP contribution in [0.5, 0.6) is 0 Å². The molecule has 0 aliphatic carbocycles. The van der Waals surface area contributed by atoms with E-state index in [9.17, 15) is 4.79 Å². The lowest BCUT2D eigenvalue weighted by molar-refractivity contribution is -0.138. The van der Waals surface area contributed by atoms with Crippen LogP contribution in [0.4, 0.5) is 0 Å². The van der Waals surface area contributed by atoms with E-state index in [0.717, 1.165) is 58.5 Å². The molecule has 19 heavy (non-hydrogen) atoms. The Hall–Kier alpha value is -0.650. The normalized spacial score (nSPS) is 25.2. The number of nitrogens with one attached hydrogen (secondary N) is 1. The van der Waals surface area contributed by atoms with Gasteiger partial charge in [0.05, 0.1) is 12.7 Å². The maximum Gasteiger partial charge on any atom is 0.248 e. The number of rotatable bonds is 5. The predicted molar refractivity (Wildman–Crippen MR) is 73.0 cm³/mol. The molecule has 0 bridgehead atoms. The van der Waals surface area contributed by atoms with Gasteiger partial charge in [-0.2, -0.15) is 0 Å². The average Bonchev–Trinajstić information content (AvgIpc) is 2.47. The van der Waals surface area contributed by atoms with Gasteiger partial charge in [-0.05, 0) is 44.7 Å². The van der Waals surface area contributed by atoms with Crippen LogP contribution in [-0.2, 0) is 14.3 Å². The molecule has 2 rings (SSSR count).